The van der Waals surface area contributed by atoms with Crippen molar-refractivity contribution in [3.63, 3.8) is 0 Å². The fourth-order valence-electron chi connectivity index (χ4n) is 2.42. The number of anilines is 1. The first-order chi connectivity index (χ1) is 8.67. The van der Waals surface area contributed by atoms with E-state index in [1.807, 2.05) is 24.3 Å². The summed E-state index contributed by atoms with van der Waals surface area (Å²) in [6.07, 6.45) is 2.86. The highest BCUT2D eigenvalue weighted by Gasteiger charge is 2.35. The highest BCUT2D eigenvalue weighted by atomic mass is 35.5. The Morgan fingerprint density at radius 2 is 2.17 bits per heavy atom. The van der Waals surface area contributed by atoms with Gasteiger partial charge in [0.1, 0.15) is 0 Å². The lowest BCUT2D eigenvalue weighted by Gasteiger charge is -2.41. The maximum atomic E-state index is 9.73. The van der Waals surface area contributed by atoms with Gasteiger partial charge in [0.05, 0.1) is 18.2 Å². The summed E-state index contributed by atoms with van der Waals surface area (Å²) in [7, 11) is 0. The number of nitrogens with one attached hydrogen (secondary N) is 1. The van der Waals surface area contributed by atoms with Gasteiger partial charge in [0.25, 0.3) is 0 Å². The van der Waals surface area contributed by atoms with Gasteiger partial charge in [0.15, 0.2) is 0 Å². The second kappa shape index (κ2) is 5.91. The predicted molar refractivity (Wildman–Crippen MR) is 74.2 cm³/mol. The first-order valence-corrected chi connectivity index (χ1v) is 6.81. The molecule has 1 heterocycles. The Kier molecular flexibility index (Phi) is 4.49. The molecule has 0 spiro atoms. The lowest BCUT2D eigenvalue weighted by Crippen LogP contribution is -2.49. The Morgan fingerprint density at radius 3 is 2.78 bits per heavy atom. The molecule has 1 aromatic carbocycles. The molecule has 1 fully saturated rings. The molecule has 2 unspecified atom stereocenters. The molecule has 2 rings (SSSR count). The summed E-state index contributed by atoms with van der Waals surface area (Å²) in [4.78, 5) is 0. The van der Waals surface area contributed by atoms with Crippen molar-refractivity contribution in [2.24, 2.45) is 0 Å². The maximum absolute atomic E-state index is 9.73. The lowest BCUT2D eigenvalue weighted by molar-refractivity contribution is -0.0273. The van der Waals surface area contributed by atoms with Crippen LogP contribution in [0.3, 0.4) is 0 Å². The summed E-state index contributed by atoms with van der Waals surface area (Å²) in [6.45, 7) is 2.93. The van der Waals surface area contributed by atoms with E-state index in [2.05, 4.69) is 12.2 Å². The van der Waals surface area contributed by atoms with Crippen LogP contribution in [-0.4, -0.2) is 30.0 Å². The van der Waals surface area contributed by atoms with E-state index in [9.17, 15) is 5.11 Å². The van der Waals surface area contributed by atoms with Gasteiger partial charge in [-0.25, -0.2) is 0 Å². The highest BCUT2D eigenvalue weighted by Crippen LogP contribution is 2.30. The third-order valence-electron chi connectivity index (χ3n) is 3.56. The van der Waals surface area contributed by atoms with E-state index in [-0.39, 0.29) is 18.2 Å². The molecular formula is C14H20ClNO2. The van der Waals surface area contributed by atoms with E-state index in [4.69, 9.17) is 16.3 Å². The van der Waals surface area contributed by atoms with Crippen LogP contribution in [0.2, 0.25) is 5.02 Å². The van der Waals surface area contributed by atoms with Crippen molar-refractivity contribution in [2.75, 3.05) is 18.5 Å². The molecule has 2 atom stereocenters. The number of hydrogen-bond acceptors (Lipinski definition) is 3. The van der Waals surface area contributed by atoms with Crippen molar-refractivity contribution in [1.82, 2.24) is 0 Å². The smallest absolute Gasteiger partial charge is 0.0663 e. The molecule has 4 heteroatoms. The maximum Gasteiger partial charge on any atom is 0.0663 e. The van der Waals surface area contributed by atoms with Crippen LogP contribution in [0.25, 0.3) is 0 Å². The van der Waals surface area contributed by atoms with E-state index in [1.165, 1.54) is 0 Å². The summed E-state index contributed by atoms with van der Waals surface area (Å²) < 4.78 is 5.67. The van der Waals surface area contributed by atoms with Crippen LogP contribution in [0.1, 0.15) is 26.2 Å². The number of ether oxygens (including phenoxy) is 1. The topological polar surface area (TPSA) is 41.5 Å². The van der Waals surface area contributed by atoms with Gasteiger partial charge in [-0.15, -0.1) is 0 Å². The van der Waals surface area contributed by atoms with Crippen LogP contribution in [0.4, 0.5) is 5.69 Å². The summed E-state index contributed by atoms with van der Waals surface area (Å²) >= 11 is 5.87. The normalized spacial score (nSPS) is 28.1. The van der Waals surface area contributed by atoms with Gasteiger partial charge >= 0.3 is 0 Å². The molecule has 2 N–H and O–H groups in total. The minimum atomic E-state index is -0.271. The molecule has 18 heavy (non-hydrogen) atoms. The third-order valence-corrected chi connectivity index (χ3v) is 3.82. The van der Waals surface area contributed by atoms with Crippen LogP contribution in [0, 0.1) is 0 Å². The van der Waals surface area contributed by atoms with Crippen LogP contribution >= 0.6 is 11.6 Å². The number of aliphatic hydroxyl groups excluding tert-OH is 1. The van der Waals surface area contributed by atoms with Crippen LogP contribution in [0.15, 0.2) is 24.3 Å². The molecule has 0 bridgehead atoms. The summed E-state index contributed by atoms with van der Waals surface area (Å²) in [5.41, 5.74) is 0.720. The SMILES string of the molecule is CCC1CC(CO)(Nc2ccc(Cl)cc2)CCO1. The number of hydrogen-bond donors (Lipinski definition) is 2. The zero-order valence-corrected chi connectivity index (χ0v) is 11.4. The summed E-state index contributed by atoms with van der Waals surface area (Å²) in [6, 6.07) is 7.59. The van der Waals surface area contributed by atoms with E-state index in [0.717, 1.165) is 30.0 Å². The van der Waals surface area contributed by atoms with Crippen molar-refractivity contribution < 1.29 is 9.84 Å². The Labute approximate surface area is 113 Å². The first kappa shape index (κ1) is 13.7. The second-order valence-electron chi connectivity index (χ2n) is 4.93. The standard InChI is InChI=1S/C14H20ClNO2/c1-2-13-9-14(10-17,7-8-18-13)16-12-5-3-11(15)4-6-12/h3-6,13,16-17H,2,7-10H2,1H3. The molecule has 0 radical (unpaired) electrons. The van der Waals surface area contributed by atoms with E-state index >= 15 is 0 Å². The van der Waals surface area contributed by atoms with Crippen LogP contribution in [-0.2, 0) is 4.74 Å². The first-order valence-electron chi connectivity index (χ1n) is 6.44. The Balaban J connectivity index is 2.09. The van der Waals surface area contributed by atoms with Gasteiger partial charge in [-0.2, -0.15) is 0 Å². The predicted octanol–water partition coefficient (Wildman–Crippen LogP) is 3.07. The van der Waals surface area contributed by atoms with Gasteiger partial charge in [-0.1, -0.05) is 18.5 Å². The van der Waals surface area contributed by atoms with E-state index in [1.54, 1.807) is 0 Å². The van der Waals surface area contributed by atoms with Crippen molar-refractivity contribution in [2.45, 2.75) is 37.8 Å². The average Bonchev–Trinajstić information content (AvgIpc) is 2.42. The zero-order valence-electron chi connectivity index (χ0n) is 10.7. The molecule has 1 aliphatic rings. The minimum absolute atomic E-state index is 0.121. The zero-order chi connectivity index (χ0) is 13.0. The molecule has 100 valence electrons. The molecule has 0 aromatic heterocycles. The van der Waals surface area contributed by atoms with Crippen LogP contribution in [0.5, 0.6) is 0 Å². The van der Waals surface area contributed by atoms with Gasteiger partial charge < -0.3 is 15.2 Å². The Morgan fingerprint density at radius 1 is 1.44 bits per heavy atom. The molecular weight excluding hydrogens is 250 g/mol. The summed E-state index contributed by atoms with van der Waals surface area (Å²) in [5, 5.41) is 13.9. The van der Waals surface area contributed by atoms with Crippen molar-refractivity contribution in [3.05, 3.63) is 29.3 Å². The number of rotatable bonds is 4. The molecule has 3 nitrogen and oxygen atoms in total. The molecule has 1 saturated heterocycles. The second-order valence-corrected chi connectivity index (χ2v) is 5.36. The highest BCUT2D eigenvalue weighted by molar-refractivity contribution is 6.30. The minimum Gasteiger partial charge on any atom is -0.394 e. The number of benzene rings is 1. The third kappa shape index (κ3) is 3.16. The fraction of sp³-hybridized carbons (Fsp3) is 0.571. The average molecular weight is 270 g/mol. The van der Waals surface area contributed by atoms with Crippen molar-refractivity contribution in [1.29, 1.82) is 0 Å². The van der Waals surface area contributed by atoms with Gasteiger partial charge in [0, 0.05) is 17.3 Å². The van der Waals surface area contributed by atoms with Gasteiger partial charge in [-0.3, -0.25) is 0 Å². The Hall–Kier alpha value is -0.770. The molecule has 1 aliphatic heterocycles. The largest absolute Gasteiger partial charge is 0.394 e. The summed E-state index contributed by atoms with van der Waals surface area (Å²) in [5.74, 6) is 0. The number of halogens is 1. The molecule has 1 aromatic rings. The van der Waals surface area contributed by atoms with E-state index < -0.39 is 0 Å². The van der Waals surface area contributed by atoms with Gasteiger partial charge in [0.2, 0.25) is 0 Å². The Bertz CT molecular complexity index is 382. The van der Waals surface area contributed by atoms with E-state index in [0.29, 0.717) is 6.61 Å². The molecule has 0 amide bonds. The van der Waals surface area contributed by atoms with Crippen molar-refractivity contribution in [3.8, 4) is 0 Å². The molecule has 0 aliphatic carbocycles. The van der Waals surface area contributed by atoms with Crippen molar-refractivity contribution >= 4 is 17.3 Å². The lowest BCUT2D eigenvalue weighted by atomic mass is 9.86. The molecule has 0 saturated carbocycles. The fourth-order valence-corrected chi connectivity index (χ4v) is 2.54. The number of aliphatic hydroxyl groups is 1. The van der Waals surface area contributed by atoms with Crippen LogP contribution < -0.4 is 5.32 Å². The monoisotopic (exact) mass is 269 g/mol. The quantitative estimate of drug-likeness (QED) is 0.883. The van der Waals surface area contributed by atoms with Gasteiger partial charge in [-0.05, 0) is 43.5 Å².